The highest BCUT2D eigenvalue weighted by Gasteiger charge is 2.14. The largest absolute Gasteiger partial charge is 0.490 e. The number of halogens is 2. The van der Waals surface area contributed by atoms with Gasteiger partial charge in [0.2, 0.25) is 5.91 Å². The molecule has 0 aliphatic carbocycles. The summed E-state index contributed by atoms with van der Waals surface area (Å²) in [5.41, 5.74) is 6.35. The lowest BCUT2D eigenvalue weighted by Gasteiger charge is -2.15. The molecule has 0 bridgehead atoms. The van der Waals surface area contributed by atoms with Crippen LogP contribution in [0.4, 0.5) is 0 Å². The van der Waals surface area contributed by atoms with Gasteiger partial charge in [0.05, 0.1) is 19.6 Å². The Morgan fingerprint density at radius 2 is 1.82 bits per heavy atom. The Morgan fingerprint density at radius 3 is 2.32 bits per heavy atom. The lowest BCUT2D eigenvalue weighted by Crippen LogP contribution is -2.38. The van der Waals surface area contributed by atoms with Crippen molar-refractivity contribution in [3.8, 4) is 11.5 Å². The van der Waals surface area contributed by atoms with Gasteiger partial charge in [-0.2, -0.15) is 0 Å². The standard InChI is InChI=1S/C15H23BrN2O3.ClH/c1-4-20-13-6-11(7-15(19)18-10(3)9-17)12(16)8-14(13)21-5-2;/h6,8,10H,4-5,7,9,17H2,1-3H3,(H,18,19);1H/t10-;/m0./s1. The molecule has 0 unspecified atom stereocenters. The van der Waals surface area contributed by atoms with Crippen LogP contribution < -0.4 is 20.5 Å². The molecule has 0 aliphatic rings. The maximum atomic E-state index is 12.0. The third-order valence-electron chi connectivity index (χ3n) is 2.82. The number of nitrogens with two attached hydrogens (primary N) is 1. The molecular formula is C15H24BrClN2O3. The third kappa shape index (κ3) is 6.42. The fraction of sp³-hybridized carbons (Fsp3) is 0.533. The zero-order valence-corrected chi connectivity index (χ0v) is 15.6. The monoisotopic (exact) mass is 394 g/mol. The third-order valence-corrected chi connectivity index (χ3v) is 3.56. The molecule has 0 spiro atoms. The van der Waals surface area contributed by atoms with Gasteiger partial charge in [0.25, 0.3) is 0 Å². The average Bonchev–Trinajstić information content (AvgIpc) is 2.44. The van der Waals surface area contributed by atoms with Crippen LogP contribution in [0, 0.1) is 0 Å². The van der Waals surface area contributed by atoms with Crippen LogP contribution in [0.2, 0.25) is 0 Å². The predicted molar refractivity (Wildman–Crippen MR) is 94.1 cm³/mol. The summed E-state index contributed by atoms with van der Waals surface area (Å²) in [7, 11) is 0. The van der Waals surface area contributed by atoms with Gasteiger partial charge in [0.15, 0.2) is 11.5 Å². The van der Waals surface area contributed by atoms with Crippen molar-refractivity contribution in [3.63, 3.8) is 0 Å². The molecule has 0 fully saturated rings. The molecule has 1 amide bonds. The van der Waals surface area contributed by atoms with Crippen LogP contribution in [-0.2, 0) is 11.2 Å². The number of rotatable bonds is 8. The van der Waals surface area contributed by atoms with Crippen molar-refractivity contribution in [3.05, 3.63) is 22.2 Å². The van der Waals surface area contributed by atoms with Gasteiger partial charge in [-0.15, -0.1) is 12.4 Å². The van der Waals surface area contributed by atoms with E-state index in [0.717, 1.165) is 10.0 Å². The Hall–Kier alpha value is -0.980. The second kappa shape index (κ2) is 10.7. The summed E-state index contributed by atoms with van der Waals surface area (Å²) < 4.78 is 11.9. The average molecular weight is 396 g/mol. The number of benzene rings is 1. The minimum Gasteiger partial charge on any atom is -0.490 e. The molecule has 126 valence electrons. The molecule has 0 radical (unpaired) electrons. The number of hydrogen-bond acceptors (Lipinski definition) is 4. The second-order valence-corrected chi connectivity index (χ2v) is 5.49. The van der Waals surface area contributed by atoms with E-state index in [0.29, 0.717) is 31.3 Å². The fourth-order valence-electron chi connectivity index (χ4n) is 1.81. The Kier molecular flexibility index (Phi) is 10.2. The van der Waals surface area contributed by atoms with Crippen molar-refractivity contribution in [1.29, 1.82) is 0 Å². The van der Waals surface area contributed by atoms with Gasteiger partial charge in [0.1, 0.15) is 0 Å². The number of carbonyl (C=O) groups is 1. The quantitative estimate of drug-likeness (QED) is 0.710. The fourth-order valence-corrected chi connectivity index (χ4v) is 2.27. The zero-order chi connectivity index (χ0) is 15.8. The summed E-state index contributed by atoms with van der Waals surface area (Å²) in [6, 6.07) is 3.64. The Morgan fingerprint density at radius 1 is 1.27 bits per heavy atom. The van der Waals surface area contributed by atoms with Crippen molar-refractivity contribution in [1.82, 2.24) is 5.32 Å². The van der Waals surface area contributed by atoms with Crippen molar-refractivity contribution in [2.45, 2.75) is 33.2 Å². The van der Waals surface area contributed by atoms with E-state index in [9.17, 15) is 4.79 Å². The Labute approximate surface area is 146 Å². The second-order valence-electron chi connectivity index (χ2n) is 4.64. The topological polar surface area (TPSA) is 73.6 Å². The van der Waals surface area contributed by atoms with Crippen molar-refractivity contribution in [2.75, 3.05) is 19.8 Å². The first-order valence-corrected chi connectivity index (χ1v) is 7.88. The lowest BCUT2D eigenvalue weighted by molar-refractivity contribution is -0.121. The SMILES string of the molecule is CCOc1cc(Br)c(CC(=O)N[C@@H](C)CN)cc1OCC.Cl. The van der Waals surface area contributed by atoms with Gasteiger partial charge < -0.3 is 20.5 Å². The first-order chi connectivity index (χ1) is 10.0. The molecule has 7 heteroatoms. The minimum absolute atomic E-state index is 0. The number of amides is 1. The molecule has 0 saturated carbocycles. The molecule has 22 heavy (non-hydrogen) atoms. The summed E-state index contributed by atoms with van der Waals surface area (Å²) in [6.45, 7) is 7.21. The van der Waals surface area contributed by atoms with E-state index in [2.05, 4.69) is 21.2 Å². The highest BCUT2D eigenvalue weighted by atomic mass is 79.9. The summed E-state index contributed by atoms with van der Waals surface area (Å²) in [5, 5.41) is 2.84. The van der Waals surface area contributed by atoms with E-state index in [1.165, 1.54) is 0 Å². The number of hydrogen-bond donors (Lipinski definition) is 2. The van der Waals surface area contributed by atoms with E-state index < -0.39 is 0 Å². The Bertz CT molecular complexity index is 486. The summed E-state index contributed by atoms with van der Waals surface area (Å²) >= 11 is 3.47. The van der Waals surface area contributed by atoms with Crippen molar-refractivity contribution < 1.29 is 14.3 Å². The maximum Gasteiger partial charge on any atom is 0.224 e. The van der Waals surface area contributed by atoms with Gasteiger partial charge in [-0.05, 0) is 38.5 Å². The highest BCUT2D eigenvalue weighted by Crippen LogP contribution is 2.34. The van der Waals surface area contributed by atoms with Gasteiger partial charge in [-0.25, -0.2) is 0 Å². The molecule has 0 aliphatic heterocycles. The maximum absolute atomic E-state index is 12.0. The molecular weight excluding hydrogens is 372 g/mol. The van der Waals surface area contributed by atoms with Crippen LogP contribution in [0.15, 0.2) is 16.6 Å². The number of carbonyl (C=O) groups excluding carboxylic acids is 1. The molecule has 1 aromatic rings. The smallest absolute Gasteiger partial charge is 0.224 e. The van der Waals surface area contributed by atoms with Gasteiger partial charge >= 0.3 is 0 Å². The highest BCUT2D eigenvalue weighted by molar-refractivity contribution is 9.10. The first kappa shape index (κ1) is 21.0. The summed E-state index contributed by atoms with van der Waals surface area (Å²) in [5.74, 6) is 1.25. The van der Waals surface area contributed by atoms with Crippen LogP contribution in [-0.4, -0.2) is 31.7 Å². The van der Waals surface area contributed by atoms with Gasteiger partial charge in [-0.3, -0.25) is 4.79 Å². The van der Waals surface area contributed by atoms with E-state index >= 15 is 0 Å². The molecule has 1 aromatic carbocycles. The molecule has 1 rings (SSSR count). The summed E-state index contributed by atoms with van der Waals surface area (Å²) in [4.78, 5) is 12.0. The zero-order valence-electron chi connectivity index (χ0n) is 13.1. The van der Waals surface area contributed by atoms with Crippen LogP contribution in [0.25, 0.3) is 0 Å². The van der Waals surface area contributed by atoms with E-state index in [1.54, 1.807) is 0 Å². The minimum atomic E-state index is -0.0692. The van der Waals surface area contributed by atoms with E-state index in [-0.39, 0.29) is 30.8 Å². The van der Waals surface area contributed by atoms with E-state index in [4.69, 9.17) is 15.2 Å². The molecule has 0 heterocycles. The molecule has 0 saturated heterocycles. The van der Waals surface area contributed by atoms with Crippen LogP contribution >= 0.6 is 28.3 Å². The lowest BCUT2D eigenvalue weighted by atomic mass is 10.1. The molecule has 1 atom stereocenters. The van der Waals surface area contributed by atoms with Crippen LogP contribution in [0.3, 0.4) is 0 Å². The first-order valence-electron chi connectivity index (χ1n) is 7.09. The van der Waals surface area contributed by atoms with Gasteiger partial charge in [0, 0.05) is 17.1 Å². The molecule has 3 N–H and O–H groups in total. The van der Waals surface area contributed by atoms with Crippen LogP contribution in [0.5, 0.6) is 11.5 Å². The summed E-state index contributed by atoms with van der Waals surface area (Å²) in [6.07, 6.45) is 0.261. The molecule has 5 nitrogen and oxygen atoms in total. The van der Waals surface area contributed by atoms with Gasteiger partial charge in [-0.1, -0.05) is 15.9 Å². The van der Waals surface area contributed by atoms with E-state index in [1.807, 2.05) is 32.9 Å². The van der Waals surface area contributed by atoms with Crippen LogP contribution in [0.1, 0.15) is 26.3 Å². The number of nitrogens with one attached hydrogen (secondary N) is 1. The molecule has 0 aromatic heterocycles. The van der Waals surface area contributed by atoms with Crippen molar-refractivity contribution >= 4 is 34.2 Å². The normalized spacial score (nSPS) is 11.3. The number of ether oxygens (including phenoxy) is 2. The predicted octanol–water partition coefficient (Wildman–Crippen LogP) is 2.67. The Balaban J connectivity index is 0.00000441. The van der Waals surface area contributed by atoms with Crippen molar-refractivity contribution in [2.24, 2.45) is 5.73 Å².